The molecule has 0 atom stereocenters. The summed E-state index contributed by atoms with van der Waals surface area (Å²) >= 11 is 1.38. The Morgan fingerprint density at radius 3 is 2.28 bits per heavy atom. The molecule has 0 aliphatic heterocycles. The highest BCUT2D eigenvalue weighted by Crippen LogP contribution is 2.31. The number of aryl methyl sites for hydroxylation is 1. The lowest BCUT2D eigenvalue weighted by molar-refractivity contribution is -0.134. The van der Waals surface area contributed by atoms with E-state index in [0.29, 0.717) is 11.6 Å². The number of hydrogen-bond acceptors (Lipinski definition) is 3. The molecule has 1 rings (SSSR count). The molecule has 1 heterocycles. The van der Waals surface area contributed by atoms with Crippen molar-refractivity contribution in [3.63, 3.8) is 0 Å². The fraction of sp³-hybridized carbons (Fsp3) is 0.750. The number of halogens is 3. The number of rotatable bonds is 4. The fourth-order valence-electron chi connectivity index (χ4n) is 1.62. The van der Waals surface area contributed by atoms with Crippen LogP contribution in [0.15, 0.2) is 0 Å². The van der Waals surface area contributed by atoms with E-state index in [9.17, 15) is 13.2 Å². The number of aromatic nitrogens is 1. The molecule has 1 N–H and O–H groups in total. The molecule has 1 aromatic heterocycles. The minimum atomic E-state index is -4.11. The highest BCUT2D eigenvalue weighted by molar-refractivity contribution is 7.11. The third-order valence-corrected chi connectivity index (χ3v) is 3.53. The van der Waals surface area contributed by atoms with E-state index in [-0.39, 0.29) is 11.8 Å². The minimum absolute atomic E-state index is 0.0268. The first kappa shape index (κ1) is 15.4. The van der Waals surface area contributed by atoms with E-state index < -0.39 is 12.6 Å². The zero-order chi connectivity index (χ0) is 14.0. The molecule has 6 heteroatoms. The number of hydrogen-bond donors (Lipinski definition) is 1. The van der Waals surface area contributed by atoms with E-state index >= 15 is 0 Å². The van der Waals surface area contributed by atoms with Crippen LogP contribution in [0, 0.1) is 0 Å². The van der Waals surface area contributed by atoms with Gasteiger partial charge in [0.2, 0.25) is 0 Å². The van der Waals surface area contributed by atoms with Crippen molar-refractivity contribution < 1.29 is 13.2 Å². The van der Waals surface area contributed by atoms with E-state index in [1.54, 1.807) is 0 Å². The van der Waals surface area contributed by atoms with Gasteiger partial charge >= 0.3 is 6.18 Å². The van der Waals surface area contributed by atoms with Crippen LogP contribution in [-0.4, -0.2) is 18.2 Å². The highest BCUT2D eigenvalue weighted by atomic mass is 32.1. The van der Waals surface area contributed by atoms with Gasteiger partial charge in [-0.1, -0.05) is 20.8 Å². The van der Waals surface area contributed by atoms with Gasteiger partial charge in [0.1, 0.15) is 0 Å². The Labute approximate surface area is 110 Å². The van der Waals surface area contributed by atoms with Crippen LogP contribution in [0.3, 0.4) is 0 Å². The molecule has 0 fully saturated rings. The third-order valence-electron chi connectivity index (χ3n) is 2.41. The van der Waals surface area contributed by atoms with Crippen molar-refractivity contribution in [2.75, 3.05) is 7.05 Å². The Morgan fingerprint density at radius 1 is 1.22 bits per heavy atom. The monoisotopic (exact) mass is 280 g/mol. The van der Waals surface area contributed by atoms with Crippen LogP contribution in [0.5, 0.6) is 0 Å². The average molecular weight is 280 g/mol. The van der Waals surface area contributed by atoms with E-state index in [1.165, 1.54) is 11.3 Å². The van der Waals surface area contributed by atoms with E-state index in [1.807, 2.05) is 27.8 Å². The third kappa shape index (κ3) is 4.57. The number of nitrogens with zero attached hydrogens (tertiary/aromatic N) is 1. The molecule has 0 saturated carbocycles. The zero-order valence-electron chi connectivity index (χ0n) is 11.1. The standard InChI is InChI=1S/C12H19F3N2S/c1-11(2,3)10-8(7-16-4)18-9(17-10)5-6-12(13,14)15/h16H,5-7H2,1-4H3. The van der Waals surface area contributed by atoms with Crippen LogP contribution in [0.4, 0.5) is 13.2 Å². The molecule has 0 aromatic carbocycles. The predicted octanol–water partition coefficient (Wildman–Crippen LogP) is 3.65. The SMILES string of the molecule is CNCc1sc(CCC(F)(F)F)nc1C(C)(C)C. The summed E-state index contributed by atoms with van der Waals surface area (Å²) < 4.78 is 36.6. The first-order valence-corrected chi connectivity index (χ1v) is 6.65. The van der Waals surface area contributed by atoms with Crippen molar-refractivity contribution in [2.24, 2.45) is 0 Å². The Kier molecular flexibility index (Phi) is 4.78. The molecular formula is C12H19F3N2S. The van der Waals surface area contributed by atoms with E-state index in [4.69, 9.17) is 0 Å². The molecule has 1 aromatic rings. The molecule has 0 spiro atoms. The predicted molar refractivity (Wildman–Crippen MR) is 68.0 cm³/mol. The maximum atomic E-state index is 12.2. The van der Waals surface area contributed by atoms with Crippen LogP contribution in [-0.2, 0) is 18.4 Å². The fourth-order valence-corrected chi connectivity index (χ4v) is 2.91. The van der Waals surface area contributed by atoms with Crippen molar-refractivity contribution in [1.29, 1.82) is 0 Å². The molecular weight excluding hydrogens is 261 g/mol. The summed E-state index contributed by atoms with van der Waals surface area (Å²) in [5, 5.41) is 3.60. The number of thiazole rings is 1. The summed E-state index contributed by atoms with van der Waals surface area (Å²) in [7, 11) is 1.82. The van der Waals surface area contributed by atoms with Gasteiger partial charge in [-0.25, -0.2) is 4.98 Å². The molecule has 0 radical (unpaired) electrons. The van der Waals surface area contributed by atoms with Gasteiger partial charge in [0.15, 0.2) is 0 Å². The van der Waals surface area contributed by atoms with Crippen molar-refractivity contribution in [2.45, 2.75) is 51.7 Å². The van der Waals surface area contributed by atoms with Gasteiger partial charge < -0.3 is 5.32 Å². The molecule has 0 aliphatic rings. The van der Waals surface area contributed by atoms with Crippen LogP contribution in [0.25, 0.3) is 0 Å². The summed E-state index contributed by atoms with van der Waals surface area (Å²) in [6.45, 7) is 6.72. The maximum Gasteiger partial charge on any atom is 0.389 e. The largest absolute Gasteiger partial charge is 0.389 e. The summed E-state index contributed by atoms with van der Waals surface area (Å²) in [5.41, 5.74) is 0.762. The lowest BCUT2D eigenvalue weighted by Crippen LogP contribution is -2.16. The normalized spacial score (nSPS) is 13.1. The summed E-state index contributed by atoms with van der Waals surface area (Å²) in [5.74, 6) is 0. The van der Waals surface area contributed by atoms with Crippen molar-refractivity contribution in [3.05, 3.63) is 15.6 Å². The van der Waals surface area contributed by atoms with Gasteiger partial charge in [-0.05, 0) is 7.05 Å². The van der Waals surface area contributed by atoms with Gasteiger partial charge in [0, 0.05) is 29.7 Å². The lowest BCUT2D eigenvalue weighted by atomic mass is 9.91. The zero-order valence-corrected chi connectivity index (χ0v) is 11.9. The van der Waals surface area contributed by atoms with Crippen LogP contribution in [0.2, 0.25) is 0 Å². The van der Waals surface area contributed by atoms with Gasteiger partial charge in [0.25, 0.3) is 0 Å². The lowest BCUT2D eigenvalue weighted by Gasteiger charge is -2.17. The highest BCUT2D eigenvalue weighted by Gasteiger charge is 2.28. The minimum Gasteiger partial charge on any atom is -0.315 e. The molecule has 0 bridgehead atoms. The van der Waals surface area contributed by atoms with Crippen molar-refractivity contribution in [3.8, 4) is 0 Å². The van der Waals surface area contributed by atoms with Crippen LogP contribution in [0.1, 0.15) is 42.8 Å². The first-order chi connectivity index (χ1) is 8.13. The maximum absolute atomic E-state index is 12.2. The molecule has 0 unspecified atom stereocenters. The average Bonchev–Trinajstić information content (AvgIpc) is 2.57. The summed E-state index contributed by atoms with van der Waals surface area (Å²) in [4.78, 5) is 5.41. The molecule has 104 valence electrons. The topological polar surface area (TPSA) is 24.9 Å². The Morgan fingerprint density at radius 2 is 1.83 bits per heavy atom. The molecule has 0 saturated heterocycles. The summed E-state index contributed by atoms with van der Waals surface area (Å²) in [6, 6.07) is 0. The van der Waals surface area contributed by atoms with Crippen LogP contribution >= 0.6 is 11.3 Å². The Balaban J connectivity index is 2.89. The Bertz CT molecular complexity index is 391. The molecule has 18 heavy (non-hydrogen) atoms. The van der Waals surface area contributed by atoms with Gasteiger partial charge in [-0.3, -0.25) is 0 Å². The second kappa shape index (κ2) is 5.57. The smallest absolute Gasteiger partial charge is 0.315 e. The molecule has 2 nitrogen and oxygen atoms in total. The number of alkyl halides is 3. The van der Waals surface area contributed by atoms with Gasteiger partial charge in [-0.15, -0.1) is 11.3 Å². The summed E-state index contributed by atoms with van der Waals surface area (Å²) in [6.07, 6.45) is -4.94. The van der Waals surface area contributed by atoms with E-state index in [2.05, 4.69) is 10.3 Å². The van der Waals surface area contributed by atoms with Gasteiger partial charge in [-0.2, -0.15) is 13.2 Å². The van der Waals surface area contributed by atoms with Crippen LogP contribution < -0.4 is 5.32 Å². The second-order valence-corrected chi connectivity index (χ2v) is 6.44. The number of nitrogens with one attached hydrogen (secondary N) is 1. The Hall–Kier alpha value is -0.620. The van der Waals surface area contributed by atoms with Gasteiger partial charge in [0.05, 0.1) is 10.7 Å². The quantitative estimate of drug-likeness (QED) is 0.910. The molecule has 0 aliphatic carbocycles. The second-order valence-electron chi connectivity index (χ2n) is 5.27. The molecule has 0 amide bonds. The van der Waals surface area contributed by atoms with Crippen molar-refractivity contribution >= 4 is 11.3 Å². The van der Waals surface area contributed by atoms with E-state index in [0.717, 1.165) is 10.6 Å². The first-order valence-electron chi connectivity index (χ1n) is 5.84. The van der Waals surface area contributed by atoms with Crippen molar-refractivity contribution in [1.82, 2.24) is 10.3 Å².